The molecule has 0 saturated carbocycles. The summed E-state index contributed by atoms with van der Waals surface area (Å²) in [4.78, 5) is 18.1. The third kappa shape index (κ3) is 2.87. The molecule has 18 heavy (non-hydrogen) atoms. The van der Waals surface area contributed by atoms with E-state index in [1.165, 1.54) is 0 Å². The molecule has 0 aliphatic heterocycles. The third-order valence-electron chi connectivity index (χ3n) is 2.87. The Labute approximate surface area is 106 Å². The number of hydrogen-bond acceptors (Lipinski definition) is 3. The van der Waals surface area contributed by atoms with E-state index in [0.29, 0.717) is 13.0 Å². The molecule has 1 N–H and O–H groups in total. The largest absolute Gasteiger partial charge is 0.344 e. The van der Waals surface area contributed by atoms with Gasteiger partial charge >= 0.3 is 0 Å². The minimum atomic E-state index is 0.0913. The SMILES string of the molecule is CNCCN(C)C(=O)Cc1cn2ccccc2n1. The van der Waals surface area contributed by atoms with Gasteiger partial charge in [-0.3, -0.25) is 4.79 Å². The average molecular weight is 246 g/mol. The molecule has 0 spiro atoms. The second-order valence-corrected chi connectivity index (χ2v) is 4.29. The van der Waals surface area contributed by atoms with Gasteiger partial charge in [0.05, 0.1) is 12.1 Å². The molecule has 2 heterocycles. The van der Waals surface area contributed by atoms with Gasteiger partial charge in [-0.1, -0.05) is 6.07 Å². The zero-order valence-corrected chi connectivity index (χ0v) is 10.8. The Morgan fingerprint density at radius 2 is 2.33 bits per heavy atom. The lowest BCUT2D eigenvalue weighted by Crippen LogP contribution is -2.33. The van der Waals surface area contributed by atoms with Gasteiger partial charge in [-0.05, 0) is 19.2 Å². The first-order valence-electron chi connectivity index (χ1n) is 6.02. The van der Waals surface area contributed by atoms with Crippen LogP contribution in [0.25, 0.3) is 5.65 Å². The third-order valence-corrected chi connectivity index (χ3v) is 2.87. The van der Waals surface area contributed by atoms with Crippen LogP contribution in [0.4, 0.5) is 0 Å². The summed E-state index contributed by atoms with van der Waals surface area (Å²) >= 11 is 0. The minimum absolute atomic E-state index is 0.0913. The van der Waals surface area contributed by atoms with Gasteiger partial charge < -0.3 is 14.6 Å². The molecule has 2 aromatic rings. The van der Waals surface area contributed by atoms with Crippen LogP contribution in [0.15, 0.2) is 30.6 Å². The first-order valence-corrected chi connectivity index (χ1v) is 6.02. The fraction of sp³-hybridized carbons (Fsp3) is 0.385. The molecule has 0 bridgehead atoms. The number of pyridine rings is 1. The topological polar surface area (TPSA) is 49.6 Å². The number of fused-ring (bicyclic) bond motifs is 1. The van der Waals surface area contributed by atoms with Crippen LogP contribution in [-0.2, 0) is 11.2 Å². The molecule has 1 amide bonds. The van der Waals surface area contributed by atoms with Gasteiger partial charge in [0.2, 0.25) is 5.91 Å². The van der Waals surface area contributed by atoms with Gasteiger partial charge in [0.15, 0.2) is 0 Å². The molecule has 0 aliphatic rings. The molecule has 0 aliphatic carbocycles. The summed E-state index contributed by atoms with van der Waals surface area (Å²) in [5, 5.41) is 3.03. The van der Waals surface area contributed by atoms with Crippen LogP contribution in [0.3, 0.4) is 0 Å². The summed E-state index contributed by atoms with van der Waals surface area (Å²) in [5.41, 5.74) is 1.68. The van der Waals surface area contributed by atoms with Crippen molar-refractivity contribution in [1.82, 2.24) is 19.6 Å². The van der Waals surface area contributed by atoms with Crippen LogP contribution in [0.5, 0.6) is 0 Å². The van der Waals surface area contributed by atoms with Gasteiger partial charge in [-0.2, -0.15) is 0 Å². The molecular formula is C13H18N4O. The number of hydrogen-bond donors (Lipinski definition) is 1. The number of rotatable bonds is 5. The van der Waals surface area contributed by atoms with Gasteiger partial charge in [0.1, 0.15) is 5.65 Å². The molecule has 0 atom stereocenters. The van der Waals surface area contributed by atoms with Crippen molar-refractivity contribution in [1.29, 1.82) is 0 Å². The van der Waals surface area contributed by atoms with Gasteiger partial charge in [0.25, 0.3) is 0 Å². The lowest BCUT2D eigenvalue weighted by Gasteiger charge is -2.15. The molecule has 2 rings (SSSR count). The number of imidazole rings is 1. The van der Waals surface area contributed by atoms with E-state index < -0.39 is 0 Å². The summed E-state index contributed by atoms with van der Waals surface area (Å²) < 4.78 is 1.93. The molecule has 0 saturated heterocycles. The maximum atomic E-state index is 11.9. The van der Waals surface area contributed by atoms with Gasteiger partial charge in [-0.25, -0.2) is 4.98 Å². The van der Waals surface area contributed by atoms with Crippen molar-refractivity contribution < 1.29 is 4.79 Å². The standard InChI is InChI=1S/C13H18N4O/c1-14-6-8-16(2)13(18)9-11-10-17-7-4-3-5-12(17)15-11/h3-5,7,10,14H,6,8-9H2,1-2H3. The fourth-order valence-corrected chi connectivity index (χ4v) is 1.77. The van der Waals surface area contributed by atoms with Crippen molar-refractivity contribution in [2.24, 2.45) is 0 Å². The molecule has 5 nitrogen and oxygen atoms in total. The highest BCUT2D eigenvalue weighted by atomic mass is 16.2. The highest BCUT2D eigenvalue weighted by molar-refractivity contribution is 5.78. The molecule has 0 fully saturated rings. The molecule has 5 heteroatoms. The Bertz CT molecular complexity index is 502. The fourth-order valence-electron chi connectivity index (χ4n) is 1.77. The Morgan fingerprint density at radius 3 is 3.06 bits per heavy atom. The van der Waals surface area contributed by atoms with E-state index >= 15 is 0 Å². The van der Waals surface area contributed by atoms with Crippen LogP contribution < -0.4 is 5.32 Å². The number of carbonyl (C=O) groups is 1. The normalized spacial score (nSPS) is 10.8. The smallest absolute Gasteiger partial charge is 0.228 e. The van der Waals surface area contributed by atoms with E-state index in [0.717, 1.165) is 17.9 Å². The first kappa shape index (κ1) is 12.6. The number of nitrogens with one attached hydrogen (secondary N) is 1. The lowest BCUT2D eigenvalue weighted by atomic mass is 10.3. The predicted molar refractivity (Wildman–Crippen MR) is 70.5 cm³/mol. The monoisotopic (exact) mass is 246 g/mol. The van der Waals surface area contributed by atoms with Crippen molar-refractivity contribution >= 4 is 11.6 Å². The first-order chi connectivity index (χ1) is 8.70. The number of aromatic nitrogens is 2. The van der Waals surface area contributed by atoms with E-state index in [1.54, 1.807) is 4.90 Å². The maximum absolute atomic E-state index is 11.9. The summed E-state index contributed by atoms with van der Waals surface area (Å²) in [6, 6.07) is 5.81. The minimum Gasteiger partial charge on any atom is -0.344 e. The summed E-state index contributed by atoms with van der Waals surface area (Å²) in [5.74, 6) is 0.0913. The molecule has 0 unspecified atom stereocenters. The molecule has 0 radical (unpaired) electrons. The van der Waals surface area contributed by atoms with Crippen molar-refractivity contribution in [3.8, 4) is 0 Å². The Kier molecular flexibility index (Phi) is 3.94. The number of carbonyl (C=O) groups excluding carboxylic acids is 1. The Hall–Kier alpha value is -1.88. The highest BCUT2D eigenvalue weighted by Crippen LogP contribution is 2.06. The second-order valence-electron chi connectivity index (χ2n) is 4.29. The molecule has 2 aromatic heterocycles. The van der Waals surface area contributed by atoms with E-state index in [4.69, 9.17) is 0 Å². The van der Waals surface area contributed by atoms with Crippen molar-refractivity contribution in [2.75, 3.05) is 27.2 Å². The number of likely N-dealkylation sites (N-methyl/N-ethyl adjacent to an activating group) is 2. The predicted octanol–water partition coefficient (Wildman–Crippen LogP) is 0.555. The van der Waals surface area contributed by atoms with Crippen molar-refractivity contribution in [3.05, 3.63) is 36.3 Å². The average Bonchev–Trinajstić information content (AvgIpc) is 2.77. The van der Waals surface area contributed by atoms with E-state index in [1.807, 2.05) is 49.1 Å². The van der Waals surface area contributed by atoms with Gasteiger partial charge in [0, 0.05) is 32.5 Å². The quantitative estimate of drug-likeness (QED) is 0.838. The molecular weight excluding hydrogens is 228 g/mol. The Morgan fingerprint density at radius 1 is 1.50 bits per heavy atom. The maximum Gasteiger partial charge on any atom is 0.228 e. The van der Waals surface area contributed by atoms with Crippen molar-refractivity contribution in [3.63, 3.8) is 0 Å². The van der Waals surface area contributed by atoms with E-state index in [-0.39, 0.29) is 5.91 Å². The van der Waals surface area contributed by atoms with Crippen LogP contribution >= 0.6 is 0 Å². The lowest BCUT2D eigenvalue weighted by molar-refractivity contribution is -0.129. The van der Waals surface area contributed by atoms with Crippen LogP contribution in [0.2, 0.25) is 0 Å². The molecule has 0 aromatic carbocycles. The summed E-state index contributed by atoms with van der Waals surface area (Å²) in [6.07, 6.45) is 4.18. The van der Waals surface area contributed by atoms with Crippen molar-refractivity contribution in [2.45, 2.75) is 6.42 Å². The molecule has 96 valence electrons. The Balaban J connectivity index is 2.02. The summed E-state index contributed by atoms with van der Waals surface area (Å²) in [7, 11) is 3.69. The zero-order valence-electron chi connectivity index (χ0n) is 10.8. The van der Waals surface area contributed by atoms with Crippen LogP contribution in [0.1, 0.15) is 5.69 Å². The number of nitrogens with zero attached hydrogens (tertiary/aromatic N) is 3. The van der Waals surface area contributed by atoms with Gasteiger partial charge in [-0.15, -0.1) is 0 Å². The summed E-state index contributed by atoms with van der Waals surface area (Å²) in [6.45, 7) is 1.51. The second kappa shape index (κ2) is 5.64. The van der Waals surface area contributed by atoms with Crippen LogP contribution in [-0.4, -0.2) is 47.4 Å². The highest BCUT2D eigenvalue weighted by Gasteiger charge is 2.11. The zero-order chi connectivity index (χ0) is 13.0. The van der Waals surface area contributed by atoms with Crippen LogP contribution in [0, 0.1) is 0 Å². The van der Waals surface area contributed by atoms with E-state index in [9.17, 15) is 4.79 Å². The number of amides is 1. The van der Waals surface area contributed by atoms with E-state index in [2.05, 4.69) is 10.3 Å².